The molecule has 0 radical (unpaired) electrons. The van der Waals surface area contributed by atoms with Gasteiger partial charge in [0.2, 0.25) is 0 Å². The molecule has 0 spiro atoms. The quantitative estimate of drug-likeness (QED) is 0.853. The average Bonchev–Trinajstić information content (AvgIpc) is 3.04. The molecule has 112 valence electrons. The van der Waals surface area contributed by atoms with Crippen LogP contribution in [-0.4, -0.2) is 22.1 Å². The molecule has 1 amide bonds. The summed E-state index contributed by atoms with van der Waals surface area (Å²) < 4.78 is 0. The molecule has 1 aliphatic rings. The minimum Gasteiger partial charge on any atom is -0.348 e. The van der Waals surface area contributed by atoms with Gasteiger partial charge in [-0.25, -0.2) is 0 Å². The van der Waals surface area contributed by atoms with E-state index in [1.807, 2.05) is 13.0 Å². The fourth-order valence-electron chi connectivity index (χ4n) is 2.92. The first-order valence-corrected chi connectivity index (χ1v) is 8.51. The van der Waals surface area contributed by atoms with Gasteiger partial charge in [0.25, 0.3) is 5.91 Å². The summed E-state index contributed by atoms with van der Waals surface area (Å²) in [6.07, 6.45) is 6.42. The molecule has 2 aromatic heterocycles. The monoisotopic (exact) mass is 303 g/mol. The second kappa shape index (κ2) is 6.43. The zero-order chi connectivity index (χ0) is 14.7. The number of carbonyl (C=O) groups excluding carboxylic acids is 1. The number of H-pyrrole nitrogens is 1. The van der Waals surface area contributed by atoms with Crippen LogP contribution in [-0.2, 0) is 19.3 Å². The predicted octanol–water partition coefficient (Wildman–Crippen LogP) is 3.10. The van der Waals surface area contributed by atoms with E-state index in [0.717, 1.165) is 36.9 Å². The highest BCUT2D eigenvalue weighted by atomic mass is 32.1. The van der Waals surface area contributed by atoms with Gasteiger partial charge < -0.3 is 5.32 Å². The molecule has 2 N–H and O–H groups in total. The van der Waals surface area contributed by atoms with Gasteiger partial charge in [-0.15, -0.1) is 11.3 Å². The Morgan fingerprint density at radius 1 is 1.43 bits per heavy atom. The number of fused-ring (bicyclic) bond motifs is 1. The third-order valence-corrected chi connectivity index (χ3v) is 4.89. The highest BCUT2D eigenvalue weighted by Crippen LogP contribution is 2.21. The van der Waals surface area contributed by atoms with Crippen molar-refractivity contribution in [3.8, 4) is 0 Å². The van der Waals surface area contributed by atoms with Crippen molar-refractivity contribution in [2.24, 2.45) is 0 Å². The lowest BCUT2D eigenvalue weighted by Crippen LogP contribution is -2.34. The third kappa shape index (κ3) is 3.35. The van der Waals surface area contributed by atoms with Crippen LogP contribution in [0.3, 0.4) is 0 Å². The van der Waals surface area contributed by atoms with Crippen molar-refractivity contribution >= 4 is 17.2 Å². The molecule has 0 fully saturated rings. The van der Waals surface area contributed by atoms with Gasteiger partial charge in [-0.2, -0.15) is 5.10 Å². The lowest BCUT2D eigenvalue weighted by Gasteiger charge is -2.12. The molecule has 1 aliphatic carbocycles. The molecule has 3 rings (SSSR count). The van der Waals surface area contributed by atoms with Crippen LogP contribution >= 0.6 is 11.3 Å². The molecule has 1 atom stereocenters. The van der Waals surface area contributed by atoms with Gasteiger partial charge in [0.05, 0.1) is 0 Å². The van der Waals surface area contributed by atoms with Crippen LogP contribution < -0.4 is 5.32 Å². The smallest absolute Gasteiger partial charge is 0.272 e. The van der Waals surface area contributed by atoms with Gasteiger partial charge in [-0.1, -0.05) is 12.5 Å². The number of nitrogens with one attached hydrogen (secondary N) is 2. The largest absolute Gasteiger partial charge is 0.348 e. The van der Waals surface area contributed by atoms with Crippen LogP contribution in [0, 0.1) is 0 Å². The number of carbonyl (C=O) groups is 1. The summed E-state index contributed by atoms with van der Waals surface area (Å²) in [7, 11) is 0. The summed E-state index contributed by atoms with van der Waals surface area (Å²) in [4.78, 5) is 13.7. The van der Waals surface area contributed by atoms with Gasteiger partial charge in [0.15, 0.2) is 5.69 Å². The molecule has 1 unspecified atom stereocenters. The summed E-state index contributed by atoms with van der Waals surface area (Å²) >= 11 is 1.73. The van der Waals surface area contributed by atoms with Gasteiger partial charge in [-0.3, -0.25) is 9.89 Å². The molecule has 4 nitrogen and oxygen atoms in total. The Kier molecular flexibility index (Phi) is 4.39. The number of hydrogen-bond acceptors (Lipinski definition) is 3. The molecule has 0 saturated heterocycles. The van der Waals surface area contributed by atoms with E-state index in [9.17, 15) is 4.79 Å². The number of aromatic amines is 1. The summed E-state index contributed by atoms with van der Waals surface area (Å²) in [5, 5.41) is 12.5. The third-order valence-electron chi connectivity index (χ3n) is 3.99. The molecule has 2 heterocycles. The topological polar surface area (TPSA) is 57.8 Å². The van der Waals surface area contributed by atoms with Crippen molar-refractivity contribution in [3.63, 3.8) is 0 Å². The van der Waals surface area contributed by atoms with E-state index < -0.39 is 0 Å². The second-order valence-electron chi connectivity index (χ2n) is 5.75. The first kappa shape index (κ1) is 14.3. The lowest BCUT2D eigenvalue weighted by atomic mass is 10.1. The van der Waals surface area contributed by atoms with E-state index in [-0.39, 0.29) is 11.9 Å². The fourth-order valence-corrected chi connectivity index (χ4v) is 3.75. The number of rotatable bonds is 4. The van der Waals surface area contributed by atoms with E-state index in [1.165, 1.54) is 17.7 Å². The number of aryl methyl sites for hydroxylation is 1. The first-order valence-electron chi connectivity index (χ1n) is 7.63. The highest BCUT2D eigenvalue weighted by molar-refractivity contribution is 7.09. The van der Waals surface area contributed by atoms with Gasteiger partial charge >= 0.3 is 0 Å². The van der Waals surface area contributed by atoms with Crippen molar-refractivity contribution < 1.29 is 4.79 Å². The molecule has 0 aromatic carbocycles. The Morgan fingerprint density at radius 2 is 2.29 bits per heavy atom. The van der Waals surface area contributed by atoms with Crippen LogP contribution in [0.25, 0.3) is 0 Å². The van der Waals surface area contributed by atoms with E-state index in [2.05, 4.69) is 27.0 Å². The minimum absolute atomic E-state index is 0.0431. The molecule has 2 aromatic rings. The summed E-state index contributed by atoms with van der Waals surface area (Å²) in [5.41, 5.74) is 2.89. The number of thiophene rings is 1. The molecule has 0 saturated carbocycles. The van der Waals surface area contributed by atoms with Crippen LogP contribution in [0.15, 0.2) is 17.5 Å². The zero-order valence-corrected chi connectivity index (χ0v) is 13.1. The molecule has 5 heteroatoms. The standard InChI is InChI=1S/C16H21N3OS/c1-11(10-12-6-5-9-21-12)17-16(20)15-13-7-3-2-4-8-14(13)18-19-15/h5-6,9,11H,2-4,7-8,10H2,1H3,(H,17,20)(H,18,19). The maximum absolute atomic E-state index is 12.4. The number of nitrogens with zero attached hydrogens (tertiary/aromatic N) is 1. The Labute approximate surface area is 129 Å². The fraction of sp³-hybridized carbons (Fsp3) is 0.500. The Bertz CT molecular complexity index is 603. The summed E-state index contributed by atoms with van der Waals surface area (Å²) in [6.45, 7) is 2.04. The van der Waals surface area contributed by atoms with E-state index >= 15 is 0 Å². The maximum atomic E-state index is 12.4. The van der Waals surface area contributed by atoms with Crippen molar-refractivity contribution in [2.45, 2.75) is 51.5 Å². The Morgan fingerprint density at radius 3 is 3.10 bits per heavy atom. The van der Waals surface area contributed by atoms with Crippen molar-refractivity contribution in [1.29, 1.82) is 0 Å². The lowest BCUT2D eigenvalue weighted by molar-refractivity contribution is 0.0934. The van der Waals surface area contributed by atoms with Crippen LogP contribution in [0.5, 0.6) is 0 Å². The SMILES string of the molecule is CC(Cc1cccs1)NC(=O)c1n[nH]c2c1CCCCC2. The minimum atomic E-state index is -0.0431. The van der Waals surface area contributed by atoms with Gasteiger partial charge in [-0.05, 0) is 44.1 Å². The molecule has 0 bridgehead atoms. The molecular weight excluding hydrogens is 282 g/mol. The normalized spacial score (nSPS) is 16.0. The Hall–Kier alpha value is -1.62. The predicted molar refractivity (Wildman–Crippen MR) is 84.8 cm³/mol. The number of hydrogen-bond donors (Lipinski definition) is 2. The van der Waals surface area contributed by atoms with E-state index in [4.69, 9.17) is 0 Å². The van der Waals surface area contributed by atoms with Gasteiger partial charge in [0.1, 0.15) is 0 Å². The van der Waals surface area contributed by atoms with Crippen molar-refractivity contribution in [3.05, 3.63) is 39.3 Å². The zero-order valence-electron chi connectivity index (χ0n) is 12.3. The Balaban J connectivity index is 1.66. The van der Waals surface area contributed by atoms with E-state index in [1.54, 1.807) is 11.3 Å². The van der Waals surface area contributed by atoms with E-state index in [0.29, 0.717) is 5.69 Å². The average molecular weight is 303 g/mol. The second-order valence-corrected chi connectivity index (χ2v) is 6.78. The van der Waals surface area contributed by atoms with Crippen molar-refractivity contribution in [2.75, 3.05) is 0 Å². The highest BCUT2D eigenvalue weighted by Gasteiger charge is 2.21. The van der Waals surface area contributed by atoms with Gasteiger partial charge in [0, 0.05) is 28.6 Å². The number of amides is 1. The summed E-state index contributed by atoms with van der Waals surface area (Å²) in [5.74, 6) is -0.0431. The summed E-state index contributed by atoms with van der Waals surface area (Å²) in [6, 6.07) is 4.27. The van der Waals surface area contributed by atoms with Crippen LogP contribution in [0.1, 0.15) is 52.8 Å². The maximum Gasteiger partial charge on any atom is 0.272 e. The first-order chi connectivity index (χ1) is 10.2. The van der Waals surface area contributed by atoms with Crippen LogP contribution in [0.2, 0.25) is 0 Å². The molecule has 21 heavy (non-hydrogen) atoms. The van der Waals surface area contributed by atoms with Crippen molar-refractivity contribution in [1.82, 2.24) is 15.5 Å². The molecule has 0 aliphatic heterocycles. The van der Waals surface area contributed by atoms with Crippen LogP contribution in [0.4, 0.5) is 0 Å². The molecular formula is C16H21N3OS. The number of aromatic nitrogens is 2.